The van der Waals surface area contributed by atoms with Crippen LogP contribution in [0.2, 0.25) is 0 Å². The van der Waals surface area contributed by atoms with Gasteiger partial charge in [0.05, 0.1) is 16.4 Å². The van der Waals surface area contributed by atoms with Crippen LogP contribution in [0, 0.1) is 0 Å². The molecule has 0 saturated heterocycles. The summed E-state index contributed by atoms with van der Waals surface area (Å²) in [4.78, 5) is 10.4. The first-order chi connectivity index (χ1) is 27.3. The number of aromatic nitrogens is 3. The topological polar surface area (TPSA) is 43.9 Å². The fourth-order valence-electron chi connectivity index (χ4n) is 10.1. The van der Waals surface area contributed by atoms with Gasteiger partial charge in [-0.25, -0.2) is 9.97 Å². The lowest BCUT2D eigenvalue weighted by Crippen LogP contribution is -2.30. The van der Waals surface area contributed by atoms with Gasteiger partial charge in [-0.15, -0.1) is 0 Å². The third-order valence-corrected chi connectivity index (χ3v) is 12.2. The second kappa shape index (κ2) is 10.4. The Hall–Kier alpha value is -7.30. The van der Waals surface area contributed by atoms with Crippen molar-refractivity contribution in [1.82, 2.24) is 14.5 Å². The van der Waals surface area contributed by atoms with E-state index in [1.807, 2.05) is 36.4 Å². The number of furan rings is 1. The summed E-state index contributed by atoms with van der Waals surface area (Å²) in [7, 11) is 0. The van der Waals surface area contributed by atoms with Gasteiger partial charge in [0.1, 0.15) is 16.8 Å². The van der Waals surface area contributed by atoms with Crippen molar-refractivity contribution < 1.29 is 4.42 Å². The summed E-state index contributed by atoms with van der Waals surface area (Å²) >= 11 is 0. The van der Waals surface area contributed by atoms with E-state index in [1.54, 1.807) is 0 Å². The van der Waals surface area contributed by atoms with E-state index >= 15 is 0 Å². The van der Waals surface area contributed by atoms with E-state index < -0.39 is 5.41 Å². The highest BCUT2D eigenvalue weighted by Crippen LogP contribution is 2.62. The molecular weight excluding hydrogens is 671 g/mol. The standard InChI is InChI=1S/C51H29N3O/c1-2-13-31(14-3-1)47-49-48(36-20-6-9-26-43(36)55-49)53-50(52-47)32-16-10-17-33(29-32)54-41-25-12-24-40-45(41)46-42(54)28-27-30-15-11-23-39(44(30)46)51(40)37-21-7-4-18-34(37)35-19-5-8-22-38(35)51/h1-29H. The summed E-state index contributed by atoms with van der Waals surface area (Å²) in [5.41, 5.74) is 16.1. The Labute approximate surface area is 315 Å². The molecule has 0 aliphatic heterocycles. The summed E-state index contributed by atoms with van der Waals surface area (Å²) in [5, 5.41) is 6.20. The van der Waals surface area contributed by atoms with E-state index in [1.165, 1.54) is 66.0 Å². The number of hydrogen-bond acceptors (Lipinski definition) is 3. The smallest absolute Gasteiger partial charge is 0.180 e. The van der Waals surface area contributed by atoms with Crippen LogP contribution in [0.15, 0.2) is 180 Å². The molecule has 55 heavy (non-hydrogen) atoms. The molecule has 0 N–H and O–H groups in total. The Balaban J connectivity index is 1.10. The van der Waals surface area contributed by atoms with Crippen molar-refractivity contribution in [2.45, 2.75) is 5.41 Å². The molecule has 3 heterocycles. The van der Waals surface area contributed by atoms with Crippen LogP contribution in [0.4, 0.5) is 0 Å². The van der Waals surface area contributed by atoms with Crippen molar-refractivity contribution in [3.8, 4) is 39.5 Å². The molecule has 0 radical (unpaired) electrons. The van der Waals surface area contributed by atoms with Crippen molar-refractivity contribution in [3.05, 3.63) is 198 Å². The van der Waals surface area contributed by atoms with Gasteiger partial charge in [-0.05, 0) is 80.6 Å². The zero-order valence-electron chi connectivity index (χ0n) is 29.5. The minimum Gasteiger partial charge on any atom is -0.452 e. The highest BCUT2D eigenvalue weighted by atomic mass is 16.3. The molecule has 0 saturated carbocycles. The number of benzene rings is 8. The van der Waals surface area contributed by atoms with Gasteiger partial charge in [0, 0.05) is 33.0 Å². The fraction of sp³-hybridized carbons (Fsp3) is 0.0196. The maximum absolute atomic E-state index is 6.41. The third kappa shape index (κ3) is 3.61. The van der Waals surface area contributed by atoms with Crippen LogP contribution in [-0.2, 0) is 5.41 Å². The van der Waals surface area contributed by atoms with Crippen LogP contribution >= 0.6 is 0 Å². The molecule has 1 spiro atoms. The van der Waals surface area contributed by atoms with Crippen LogP contribution in [0.3, 0.4) is 0 Å². The molecule has 0 unspecified atom stereocenters. The Morgan fingerprint density at radius 2 is 1.13 bits per heavy atom. The molecule has 13 rings (SSSR count). The lowest BCUT2D eigenvalue weighted by Gasteiger charge is -2.37. The molecular formula is C51H29N3O. The fourth-order valence-corrected chi connectivity index (χ4v) is 10.1. The van der Waals surface area contributed by atoms with E-state index in [2.05, 4.69) is 144 Å². The second-order valence-corrected chi connectivity index (χ2v) is 14.8. The summed E-state index contributed by atoms with van der Waals surface area (Å²) < 4.78 is 8.86. The summed E-state index contributed by atoms with van der Waals surface area (Å²) in [6.07, 6.45) is 0. The Morgan fingerprint density at radius 1 is 0.473 bits per heavy atom. The van der Waals surface area contributed by atoms with E-state index in [0.717, 1.165) is 39.0 Å². The molecule has 0 bridgehead atoms. The lowest BCUT2D eigenvalue weighted by atomic mass is 9.63. The van der Waals surface area contributed by atoms with Crippen molar-refractivity contribution in [3.63, 3.8) is 0 Å². The number of nitrogens with zero attached hydrogens (tertiary/aromatic N) is 3. The first kappa shape index (κ1) is 29.2. The molecule has 0 amide bonds. The molecule has 2 aliphatic rings. The van der Waals surface area contributed by atoms with Gasteiger partial charge in [0.2, 0.25) is 0 Å². The number of fused-ring (bicyclic) bond motifs is 10. The average Bonchev–Trinajstić information content (AvgIpc) is 3.90. The van der Waals surface area contributed by atoms with Gasteiger partial charge in [0.25, 0.3) is 0 Å². The number of hydrogen-bond donors (Lipinski definition) is 0. The largest absolute Gasteiger partial charge is 0.452 e. The number of rotatable bonds is 3. The van der Waals surface area contributed by atoms with E-state index in [4.69, 9.17) is 14.4 Å². The van der Waals surface area contributed by atoms with Crippen molar-refractivity contribution >= 4 is 54.6 Å². The van der Waals surface area contributed by atoms with Gasteiger partial charge >= 0.3 is 0 Å². The molecule has 4 nitrogen and oxygen atoms in total. The highest BCUT2D eigenvalue weighted by molar-refractivity contribution is 6.26. The maximum Gasteiger partial charge on any atom is 0.180 e. The average molecular weight is 700 g/mol. The Kier molecular flexibility index (Phi) is 5.54. The quantitative estimate of drug-likeness (QED) is 0.184. The molecule has 11 aromatic rings. The predicted molar refractivity (Wildman–Crippen MR) is 223 cm³/mol. The van der Waals surface area contributed by atoms with Crippen molar-refractivity contribution in [2.24, 2.45) is 0 Å². The SMILES string of the molecule is c1ccc(-c2nc(-c3cccc(-n4c5cccc6c5c5c7c(cccc7ccc54)C64c5ccccc5-c5ccccc54)c3)nc3c2oc2ccccc23)cc1. The van der Waals surface area contributed by atoms with Gasteiger partial charge in [-0.2, -0.15) is 0 Å². The van der Waals surface area contributed by atoms with E-state index in [-0.39, 0.29) is 0 Å². The van der Waals surface area contributed by atoms with Crippen LogP contribution in [0.25, 0.3) is 94.1 Å². The normalized spacial score (nSPS) is 13.6. The lowest BCUT2D eigenvalue weighted by molar-refractivity contribution is 0.667. The summed E-state index contributed by atoms with van der Waals surface area (Å²) in [5.74, 6) is 0.663. The number of para-hydroxylation sites is 1. The first-order valence-electron chi connectivity index (χ1n) is 18.8. The van der Waals surface area contributed by atoms with Gasteiger partial charge in [-0.1, -0.05) is 140 Å². The molecule has 8 aromatic carbocycles. The highest BCUT2D eigenvalue weighted by Gasteiger charge is 2.49. The van der Waals surface area contributed by atoms with Crippen LogP contribution in [0.5, 0.6) is 0 Å². The zero-order chi connectivity index (χ0) is 35.8. The van der Waals surface area contributed by atoms with Crippen molar-refractivity contribution in [2.75, 3.05) is 0 Å². The monoisotopic (exact) mass is 699 g/mol. The molecule has 4 heteroatoms. The molecule has 3 aromatic heterocycles. The van der Waals surface area contributed by atoms with Crippen LogP contribution < -0.4 is 0 Å². The maximum atomic E-state index is 6.41. The summed E-state index contributed by atoms with van der Waals surface area (Å²) in [6, 6.07) is 63.5. The molecule has 0 fully saturated rings. The van der Waals surface area contributed by atoms with Crippen LogP contribution in [0.1, 0.15) is 22.3 Å². The minimum atomic E-state index is -0.439. The van der Waals surface area contributed by atoms with E-state index in [0.29, 0.717) is 11.4 Å². The molecule has 254 valence electrons. The molecule has 2 aliphatic carbocycles. The van der Waals surface area contributed by atoms with Gasteiger partial charge in [-0.3, -0.25) is 0 Å². The van der Waals surface area contributed by atoms with Crippen LogP contribution in [-0.4, -0.2) is 14.5 Å². The first-order valence-corrected chi connectivity index (χ1v) is 18.8. The molecule has 0 atom stereocenters. The zero-order valence-corrected chi connectivity index (χ0v) is 29.5. The summed E-state index contributed by atoms with van der Waals surface area (Å²) in [6.45, 7) is 0. The second-order valence-electron chi connectivity index (χ2n) is 14.8. The Morgan fingerprint density at radius 3 is 1.96 bits per heavy atom. The van der Waals surface area contributed by atoms with Gasteiger partial charge < -0.3 is 8.98 Å². The predicted octanol–water partition coefficient (Wildman–Crippen LogP) is 12.6. The third-order valence-electron chi connectivity index (χ3n) is 12.2. The minimum absolute atomic E-state index is 0.439. The van der Waals surface area contributed by atoms with Gasteiger partial charge in [0.15, 0.2) is 11.4 Å². The van der Waals surface area contributed by atoms with E-state index in [9.17, 15) is 0 Å². The van der Waals surface area contributed by atoms with Crippen molar-refractivity contribution in [1.29, 1.82) is 0 Å². The Bertz CT molecular complexity index is 3400.